The van der Waals surface area contributed by atoms with E-state index in [9.17, 15) is 0 Å². The van der Waals surface area contributed by atoms with E-state index in [4.69, 9.17) is 10.6 Å². The van der Waals surface area contributed by atoms with Crippen LogP contribution in [0.1, 0.15) is 32.6 Å². The number of nitrogens with two attached hydrogens (primary N) is 1. The van der Waals surface area contributed by atoms with Gasteiger partial charge in [-0.2, -0.15) is 0 Å². The highest BCUT2D eigenvalue weighted by Crippen LogP contribution is 2.55. The van der Waals surface area contributed by atoms with Crippen LogP contribution in [0.2, 0.25) is 0 Å². The maximum atomic E-state index is 5.69. The average Bonchev–Trinajstić information content (AvgIpc) is 2.84. The Kier molecular flexibility index (Phi) is 3.65. The zero-order chi connectivity index (χ0) is 10.8. The number of rotatable bonds is 6. The van der Waals surface area contributed by atoms with Gasteiger partial charge in [0.25, 0.3) is 0 Å². The van der Waals surface area contributed by atoms with Crippen LogP contribution in [0.15, 0.2) is 0 Å². The molecule has 0 spiro atoms. The second-order valence-electron chi connectivity index (χ2n) is 5.44. The van der Waals surface area contributed by atoms with Crippen molar-refractivity contribution in [3.05, 3.63) is 0 Å². The van der Waals surface area contributed by atoms with Crippen LogP contribution in [-0.2, 0) is 4.74 Å². The van der Waals surface area contributed by atoms with Crippen molar-refractivity contribution in [3.63, 3.8) is 0 Å². The van der Waals surface area contributed by atoms with Crippen LogP contribution in [0.3, 0.4) is 0 Å². The summed E-state index contributed by atoms with van der Waals surface area (Å²) in [5, 5.41) is 0. The van der Waals surface area contributed by atoms with E-state index < -0.39 is 0 Å². The summed E-state index contributed by atoms with van der Waals surface area (Å²) in [4.78, 5) is 0. The minimum absolute atomic E-state index is 0.493. The van der Waals surface area contributed by atoms with Crippen LogP contribution in [-0.4, -0.2) is 19.8 Å². The SMILES string of the molecule is COCCC(C)C(NN)C1CC2CC2C1. The summed E-state index contributed by atoms with van der Waals surface area (Å²) in [6, 6.07) is 0.493. The molecule has 2 rings (SSSR count). The molecule has 3 heteroatoms. The van der Waals surface area contributed by atoms with E-state index in [-0.39, 0.29) is 0 Å². The molecule has 88 valence electrons. The molecule has 0 saturated heterocycles. The van der Waals surface area contributed by atoms with Gasteiger partial charge in [-0.05, 0) is 49.4 Å². The molecule has 0 aromatic carbocycles. The van der Waals surface area contributed by atoms with Crippen LogP contribution in [0.25, 0.3) is 0 Å². The molecule has 0 aromatic heterocycles. The number of hydrazine groups is 1. The fraction of sp³-hybridized carbons (Fsp3) is 1.00. The Bertz CT molecular complexity index is 200. The Morgan fingerprint density at radius 1 is 1.33 bits per heavy atom. The van der Waals surface area contributed by atoms with Crippen molar-refractivity contribution in [1.29, 1.82) is 0 Å². The quantitative estimate of drug-likeness (QED) is 0.518. The van der Waals surface area contributed by atoms with E-state index >= 15 is 0 Å². The number of nitrogens with one attached hydrogen (secondary N) is 1. The molecule has 4 unspecified atom stereocenters. The van der Waals surface area contributed by atoms with E-state index in [1.165, 1.54) is 19.3 Å². The molecule has 0 radical (unpaired) electrons. The second-order valence-corrected chi connectivity index (χ2v) is 5.44. The number of hydrogen-bond donors (Lipinski definition) is 2. The van der Waals surface area contributed by atoms with E-state index in [0.29, 0.717) is 12.0 Å². The molecular formula is C12H24N2O. The third-order valence-electron chi connectivity index (χ3n) is 4.37. The van der Waals surface area contributed by atoms with E-state index in [1.807, 2.05) is 0 Å². The first-order valence-electron chi connectivity index (χ1n) is 6.21. The normalized spacial score (nSPS) is 37.4. The van der Waals surface area contributed by atoms with Crippen molar-refractivity contribution in [1.82, 2.24) is 5.43 Å². The fourth-order valence-corrected chi connectivity index (χ4v) is 3.30. The lowest BCUT2D eigenvalue weighted by Gasteiger charge is -2.29. The van der Waals surface area contributed by atoms with Crippen molar-refractivity contribution in [3.8, 4) is 0 Å². The number of methoxy groups -OCH3 is 1. The van der Waals surface area contributed by atoms with Crippen LogP contribution in [0.5, 0.6) is 0 Å². The number of hydrogen-bond acceptors (Lipinski definition) is 3. The van der Waals surface area contributed by atoms with Crippen LogP contribution in [0, 0.1) is 23.7 Å². The second kappa shape index (κ2) is 4.81. The van der Waals surface area contributed by atoms with Gasteiger partial charge in [0.05, 0.1) is 0 Å². The number of ether oxygens (including phenoxy) is 1. The van der Waals surface area contributed by atoms with Crippen LogP contribution in [0.4, 0.5) is 0 Å². The first kappa shape index (κ1) is 11.4. The maximum absolute atomic E-state index is 5.69. The largest absolute Gasteiger partial charge is 0.385 e. The van der Waals surface area contributed by atoms with E-state index in [2.05, 4.69) is 12.3 Å². The topological polar surface area (TPSA) is 47.3 Å². The van der Waals surface area contributed by atoms with Crippen molar-refractivity contribution in [2.75, 3.05) is 13.7 Å². The first-order valence-corrected chi connectivity index (χ1v) is 6.21. The molecule has 0 aliphatic heterocycles. The van der Waals surface area contributed by atoms with Gasteiger partial charge in [-0.1, -0.05) is 6.92 Å². The summed E-state index contributed by atoms with van der Waals surface area (Å²) < 4.78 is 5.13. The third kappa shape index (κ3) is 2.52. The highest BCUT2D eigenvalue weighted by molar-refractivity contribution is 4.99. The first-order chi connectivity index (χ1) is 7.26. The lowest BCUT2D eigenvalue weighted by atomic mass is 9.85. The van der Waals surface area contributed by atoms with Crippen molar-refractivity contribution >= 4 is 0 Å². The molecule has 2 aliphatic carbocycles. The molecule has 3 N–H and O–H groups in total. The molecule has 0 heterocycles. The van der Waals surface area contributed by atoms with Crippen molar-refractivity contribution < 1.29 is 4.74 Å². The van der Waals surface area contributed by atoms with Gasteiger partial charge in [0.15, 0.2) is 0 Å². The van der Waals surface area contributed by atoms with Gasteiger partial charge in [0.2, 0.25) is 0 Å². The zero-order valence-corrected chi connectivity index (χ0v) is 9.91. The molecule has 3 nitrogen and oxygen atoms in total. The molecule has 15 heavy (non-hydrogen) atoms. The highest BCUT2D eigenvalue weighted by Gasteiger charge is 2.48. The standard InChI is InChI=1S/C12H24N2O/c1-8(3-4-15-2)12(14-13)11-6-9-5-10(9)7-11/h8-12,14H,3-7,13H2,1-2H3. The summed E-state index contributed by atoms with van der Waals surface area (Å²) in [5.74, 6) is 9.21. The lowest BCUT2D eigenvalue weighted by Crippen LogP contribution is -2.45. The zero-order valence-electron chi connectivity index (χ0n) is 9.91. The van der Waals surface area contributed by atoms with Crippen LogP contribution < -0.4 is 11.3 Å². The third-order valence-corrected chi connectivity index (χ3v) is 4.37. The lowest BCUT2D eigenvalue weighted by molar-refractivity contribution is 0.156. The van der Waals surface area contributed by atoms with Gasteiger partial charge in [0.1, 0.15) is 0 Å². The molecule has 4 atom stereocenters. The minimum atomic E-state index is 0.493. The summed E-state index contributed by atoms with van der Waals surface area (Å²) in [5.41, 5.74) is 3.04. The maximum Gasteiger partial charge on any atom is 0.0465 e. The molecule has 0 amide bonds. The Hall–Kier alpha value is -0.120. The van der Waals surface area contributed by atoms with Gasteiger partial charge >= 0.3 is 0 Å². The molecular weight excluding hydrogens is 188 g/mol. The monoisotopic (exact) mass is 212 g/mol. The summed E-state index contributed by atoms with van der Waals surface area (Å²) in [6.07, 6.45) is 5.39. The minimum Gasteiger partial charge on any atom is -0.385 e. The number of fused-ring (bicyclic) bond motifs is 1. The molecule has 0 aromatic rings. The van der Waals surface area contributed by atoms with Gasteiger partial charge in [-0.3, -0.25) is 11.3 Å². The molecule has 2 aliphatic rings. The van der Waals surface area contributed by atoms with Crippen LogP contribution >= 0.6 is 0 Å². The fourth-order valence-electron chi connectivity index (χ4n) is 3.30. The summed E-state index contributed by atoms with van der Waals surface area (Å²) in [7, 11) is 1.77. The van der Waals surface area contributed by atoms with Gasteiger partial charge in [-0.25, -0.2) is 0 Å². The molecule has 0 bridgehead atoms. The summed E-state index contributed by atoms with van der Waals surface area (Å²) >= 11 is 0. The van der Waals surface area contributed by atoms with Gasteiger partial charge in [-0.15, -0.1) is 0 Å². The predicted octanol–water partition coefficient (Wildman–Crippen LogP) is 1.54. The Balaban J connectivity index is 1.80. The average molecular weight is 212 g/mol. The van der Waals surface area contributed by atoms with E-state index in [0.717, 1.165) is 30.8 Å². The molecule has 2 fully saturated rings. The Morgan fingerprint density at radius 3 is 2.53 bits per heavy atom. The van der Waals surface area contributed by atoms with Crippen molar-refractivity contribution in [2.45, 2.75) is 38.6 Å². The predicted molar refractivity (Wildman–Crippen MR) is 61.1 cm³/mol. The smallest absolute Gasteiger partial charge is 0.0465 e. The van der Waals surface area contributed by atoms with Gasteiger partial charge < -0.3 is 4.74 Å². The van der Waals surface area contributed by atoms with E-state index in [1.54, 1.807) is 7.11 Å². The highest BCUT2D eigenvalue weighted by atomic mass is 16.5. The van der Waals surface area contributed by atoms with Crippen molar-refractivity contribution in [2.24, 2.45) is 29.5 Å². The summed E-state index contributed by atoms with van der Waals surface area (Å²) in [6.45, 7) is 3.13. The van der Waals surface area contributed by atoms with Gasteiger partial charge in [0, 0.05) is 19.8 Å². The Morgan fingerprint density at radius 2 is 2.00 bits per heavy atom. The molecule has 2 saturated carbocycles. The Labute approximate surface area is 92.7 Å².